The van der Waals surface area contributed by atoms with Crippen molar-refractivity contribution in [3.63, 3.8) is 0 Å². The van der Waals surface area contributed by atoms with Gasteiger partial charge in [0.25, 0.3) is 0 Å². The first-order valence-electron chi connectivity index (χ1n) is 21.6. The number of nitrogens with zero attached hydrogens (tertiary/aromatic N) is 5. The zero-order valence-corrected chi connectivity index (χ0v) is 42.7. The van der Waals surface area contributed by atoms with Gasteiger partial charge in [0.2, 0.25) is 0 Å². The lowest BCUT2D eigenvalue weighted by Gasteiger charge is -2.14. The standard InChI is InChI=1S/C19H17ClFN3OS.C17H12ClFN4O.C16H12ClFN2OS/c1-24(2)10-16-19(26)23-15-9-17(25-3)14(21)8-12(15)18(22-16)11-6-4-5-7-13(11)20;1-24-15-7-13-10(6-12(15)19)16(9-4-2-3-5-11(9)18)21-14-8-20-23-17(14)22-13;1-21-14-7-13-10(6-12(14)18)16(19-8-15(22)20-13)9-4-2-3-5-11(9)17/h4-10H,1-3H3,(H,23,26);2-8H,1H3,(H2,20,22,23);2-7H,8H2,1H3,(H,20,22)/b16-10-;;. The molecule has 4 heterocycles. The van der Waals surface area contributed by atoms with E-state index in [2.05, 4.69) is 36.1 Å². The van der Waals surface area contributed by atoms with Gasteiger partial charge in [0.15, 0.2) is 40.5 Å². The van der Waals surface area contributed by atoms with Crippen LogP contribution in [-0.4, -0.2) is 84.2 Å². The Hall–Kier alpha value is -7.28. The lowest BCUT2D eigenvalue weighted by molar-refractivity contribution is 0.387. The molecule has 3 aliphatic heterocycles. The number of methoxy groups -OCH3 is 3. The van der Waals surface area contributed by atoms with Crippen LogP contribution in [0, 0.1) is 17.5 Å². The van der Waals surface area contributed by atoms with Crippen LogP contribution < -0.4 is 30.2 Å². The third-order valence-corrected chi connectivity index (χ3v) is 12.4. The van der Waals surface area contributed by atoms with E-state index in [1.54, 1.807) is 48.8 Å². The molecule has 0 atom stereocenters. The lowest BCUT2D eigenvalue weighted by atomic mass is 10.00. The minimum Gasteiger partial charge on any atom is -0.494 e. The average Bonchev–Trinajstić information content (AvgIpc) is 3.59. The molecule has 7 aromatic rings. The van der Waals surface area contributed by atoms with Crippen molar-refractivity contribution >= 4 is 115 Å². The number of hydrogen-bond acceptors (Lipinski definition) is 11. The molecule has 3 aliphatic rings. The summed E-state index contributed by atoms with van der Waals surface area (Å²) in [5, 5.41) is 17.8. The van der Waals surface area contributed by atoms with Crippen LogP contribution in [0.25, 0.3) is 0 Å². The Morgan fingerprint density at radius 3 is 1.47 bits per heavy atom. The SMILES string of the molecule is COc1cc2c(cc1F)C(c1ccccc1Cl)=N/C(=C\N(C)C)C(=S)N2.COc1cc2c(cc1F)C(c1ccccc1Cl)=NCC(=S)N2.COc1cc2c(cc1F)C(c1ccccc1Cl)=Nc1cn[nH]c1N2. The predicted molar refractivity (Wildman–Crippen MR) is 291 cm³/mol. The predicted octanol–water partition coefficient (Wildman–Crippen LogP) is 13.0. The number of ether oxygens (including phenoxy) is 3. The summed E-state index contributed by atoms with van der Waals surface area (Å²) in [5.74, 6) is -0.391. The van der Waals surface area contributed by atoms with E-state index >= 15 is 0 Å². The van der Waals surface area contributed by atoms with Crippen LogP contribution in [0.5, 0.6) is 17.2 Å². The zero-order valence-electron chi connectivity index (χ0n) is 38.8. The summed E-state index contributed by atoms with van der Waals surface area (Å²) < 4.78 is 58.0. The second-order valence-corrected chi connectivity index (χ2v) is 18.0. The molecule has 20 heteroatoms. The Bertz CT molecular complexity index is 3400. The van der Waals surface area contributed by atoms with Crippen molar-refractivity contribution in [2.75, 3.05) is 57.9 Å². The van der Waals surface area contributed by atoms with Gasteiger partial charge in [0.1, 0.15) is 21.4 Å². The van der Waals surface area contributed by atoms with Gasteiger partial charge >= 0.3 is 0 Å². The van der Waals surface area contributed by atoms with Crippen LogP contribution in [0.4, 0.5) is 41.7 Å². The molecule has 10 rings (SSSR count). The molecular formula is C52H41Cl3F3N9O3S2. The largest absolute Gasteiger partial charge is 0.494 e. The Morgan fingerprint density at radius 2 is 1.00 bits per heavy atom. The van der Waals surface area contributed by atoms with Crippen LogP contribution in [0.2, 0.25) is 15.1 Å². The Labute approximate surface area is 438 Å². The van der Waals surface area contributed by atoms with Gasteiger partial charge in [-0.2, -0.15) is 5.10 Å². The smallest absolute Gasteiger partial charge is 0.165 e. The molecule has 4 N–H and O–H groups in total. The van der Waals surface area contributed by atoms with Gasteiger partial charge in [-0.25, -0.2) is 23.2 Å². The maximum atomic E-state index is 14.4. The Morgan fingerprint density at radius 1 is 0.569 bits per heavy atom. The van der Waals surface area contributed by atoms with E-state index in [0.717, 1.165) is 5.56 Å². The van der Waals surface area contributed by atoms with Gasteiger partial charge in [-0.3, -0.25) is 10.1 Å². The molecule has 0 saturated carbocycles. The molecule has 0 bridgehead atoms. The number of thiocarbonyl (C=S) groups is 2. The lowest BCUT2D eigenvalue weighted by Crippen LogP contribution is -2.13. The fourth-order valence-corrected chi connectivity index (χ4v) is 8.63. The average molecular weight is 1070 g/mol. The summed E-state index contributed by atoms with van der Waals surface area (Å²) in [6, 6.07) is 30.8. The number of hydrogen-bond donors (Lipinski definition) is 4. The number of H-pyrrole nitrogens is 1. The van der Waals surface area contributed by atoms with Gasteiger partial charge in [-0.15, -0.1) is 0 Å². The van der Waals surface area contributed by atoms with Crippen LogP contribution >= 0.6 is 59.2 Å². The summed E-state index contributed by atoms with van der Waals surface area (Å²) in [5.41, 5.74) is 8.66. The van der Waals surface area contributed by atoms with Crippen molar-refractivity contribution in [3.8, 4) is 17.2 Å². The normalized spacial score (nSPS) is 13.8. The fourth-order valence-electron chi connectivity index (χ4n) is 7.58. The summed E-state index contributed by atoms with van der Waals surface area (Å²) in [6.07, 6.45) is 3.39. The first-order chi connectivity index (χ1) is 34.7. The monoisotopic (exact) mass is 1070 g/mol. The van der Waals surface area contributed by atoms with Crippen molar-refractivity contribution in [1.82, 2.24) is 15.1 Å². The Kier molecular flexibility index (Phi) is 15.9. The van der Waals surface area contributed by atoms with Gasteiger partial charge in [-0.05, 0) is 36.4 Å². The second-order valence-electron chi connectivity index (χ2n) is 15.9. The molecule has 72 heavy (non-hydrogen) atoms. The summed E-state index contributed by atoms with van der Waals surface area (Å²) >= 11 is 29.7. The first-order valence-corrected chi connectivity index (χ1v) is 23.5. The molecule has 0 radical (unpaired) electrons. The number of nitrogens with one attached hydrogen (secondary N) is 4. The summed E-state index contributed by atoms with van der Waals surface area (Å²) in [6.45, 7) is 0.314. The molecule has 0 saturated heterocycles. The number of halogens is 6. The number of benzodiazepines with no additional fused rings is 2. The van der Waals surface area contributed by atoms with Crippen molar-refractivity contribution in [3.05, 3.63) is 193 Å². The number of aromatic amines is 1. The minimum absolute atomic E-state index is 0.123. The minimum atomic E-state index is -0.487. The van der Waals surface area contributed by atoms with Crippen LogP contribution in [0.1, 0.15) is 33.4 Å². The van der Waals surface area contributed by atoms with E-state index in [-0.39, 0.29) is 17.2 Å². The molecule has 0 fully saturated rings. The molecule has 366 valence electrons. The molecule has 0 spiro atoms. The van der Waals surface area contributed by atoms with Crippen molar-refractivity contribution in [2.45, 2.75) is 0 Å². The third-order valence-electron chi connectivity index (χ3n) is 10.9. The molecule has 6 aromatic carbocycles. The van der Waals surface area contributed by atoms with E-state index in [9.17, 15) is 13.2 Å². The van der Waals surface area contributed by atoms with E-state index in [4.69, 9.17) is 78.4 Å². The maximum Gasteiger partial charge on any atom is 0.165 e. The van der Waals surface area contributed by atoms with Gasteiger partial charge < -0.3 is 35.1 Å². The van der Waals surface area contributed by atoms with E-state index in [1.165, 1.54) is 39.5 Å². The molecule has 0 amide bonds. The van der Waals surface area contributed by atoms with Crippen molar-refractivity contribution < 1.29 is 27.4 Å². The fraction of sp³-hybridized carbons (Fsp3) is 0.115. The van der Waals surface area contributed by atoms with Crippen LogP contribution in [0.3, 0.4) is 0 Å². The van der Waals surface area contributed by atoms with Gasteiger partial charge in [0, 0.05) is 86.9 Å². The highest BCUT2D eigenvalue weighted by Gasteiger charge is 2.26. The van der Waals surface area contributed by atoms with Gasteiger partial charge in [-0.1, -0.05) is 114 Å². The molecular weight excluding hydrogens is 1030 g/mol. The maximum absolute atomic E-state index is 14.4. The third kappa shape index (κ3) is 11.1. The number of benzene rings is 6. The molecule has 1 aromatic heterocycles. The summed E-state index contributed by atoms with van der Waals surface area (Å²) in [4.78, 5) is 16.7. The number of aliphatic imine (C=N–C) groups is 3. The number of anilines is 4. The highest BCUT2D eigenvalue weighted by molar-refractivity contribution is 7.81. The highest BCUT2D eigenvalue weighted by Crippen LogP contribution is 2.39. The molecule has 0 unspecified atom stereocenters. The highest BCUT2D eigenvalue weighted by atomic mass is 35.5. The second kappa shape index (κ2) is 22.4. The number of fused-ring (bicyclic) bond motifs is 4. The summed E-state index contributed by atoms with van der Waals surface area (Å²) in [7, 11) is 8.01. The van der Waals surface area contributed by atoms with Gasteiger partial charge in [0.05, 0.1) is 68.3 Å². The van der Waals surface area contributed by atoms with Crippen LogP contribution in [-0.2, 0) is 0 Å². The Balaban J connectivity index is 0.000000145. The number of rotatable bonds is 7. The van der Waals surface area contributed by atoms with Crippen molar-refractivity contribution in [2.24, 2.45) is 15.0 Å². The van der Waals surface area contributed by atoms with E-state index in [0.29, 0.717) is 111 Å². The quantitative estimate of drug-likeness (QED) is 0.0903. The number of aromatic nitrogens is 2. The molecule has 12 nitrogen and oxygen atoms in total. The van der Waals surface area contributed by atoms with E-state index < -0.39 is 17.5 Å². The topological polar surface area (TPSA) is 133 Å². The van der Waals surface area contributed by atoms with Crippen LogP contribution in [0.15, 0.2) is 142 Å². The van der Waals surface area contributed by atoms with E-state index in [1.807, 2.05) is 73.6 Å². The molecule has 0 aliphatic carbocycles. The van der Waals surface area contributed by atoms with Crippen molar-refractivity contribution in [1.29, 1.82) is 0 Å². The first kappa shape index (κ1) is 51.1. The zero-order chi connectivity index (χ0) is 51.2.